The molecule has 2 aliphatic heterocycles. The van der Waals surface area contributed by atoms with Crippen molar-refractivity contribution in [2.45, 2.75) is 25.3 Å². The van der Waals surface area contributed by atoms with Gasteiger partial charge in [-0.15, -0.1) is 11.3 Å². The summed E-state index contributed by atoms with van der Waals surface area (Å²) in [5, 5.41) is 14.7. The summed E-state index contributed by atoms with van der Waals surface area (Å²) in [6.07, 6.45) is -0.770. The fraction of sp³-hybridized carbons (Fsp3) is 0.391. The second-order valence-electron chi connectivity index (χ2n) is 8.61. The molecule has 0 bridgehead atoms. The quantitative estimate of drug-likeness (QED) is 0.535. The van der Waals surface area contributed by atoms with Crippen LogP contribution in [0.15, 0.2) is 39.8 Å². The van der Waals surface area contributed by atoms with Crippen LogP contribution in [-0.4, -0.2) is 65.4 Å². The van der Waals surface area contributed by atoms with Crippen molar-refractivity contribution >= 4 is 40.7 Å². The molecule has 2 N–H and O–H groups in total. The lowest BCUT2D eigenvalue weighted by Gasteiger charge is -2.37. The van der Waals surface area contributed by atoms with Gasteiger partial charge in [0.15, 0.2) is 10.8 Å². The maximum absolute atomic E-state index is 14.4. The number of rotatable bonds is 6. The zero-order valence-corrected chi connectivity index (χ0v) is 20.8. The molecule has 192 valence electrons. The Balaban J connectivity index is 1.81. The van der Waals surface area contributed by atoms with Crippen LogP contribution in [0.5, 0.6) is 0 Å². The van der Waals surface area contributed by atoms with Crippen molar-refractivity contribution in [3.05, 3.63) is 62.0 Å². The van der Waals surface area contributed by atoms with Crippen molar-refractivity contribution in [2.75, 3.05) is 26.7 Å². The molecule has 1 aromatic heterocycles. The third-order valence-corrected chi connectivity index (χ3v) is 7.11. The first-order valence-electron chi connectivity index (χ1n) is 10.8. The van der Waals surface area contributed by atoms with E-state index in [9.17, 15) is 27.9 Å². The van der Waals surface area contributed by atoms with Crippen LogP contribution in [-0.2, 0) is 14.3 Å². The Morgan fingerprint density at radius 3 is 2.75 bits per heavy atom. The Hall–Kier alpha value is -2.96. The number of esters is 1. The van der Waals surface area contributed by atoms with E-state index >= 15 is 0 Å². The molecule has 2 aromatic rings. The number of methoxy groups -OCH3 is 1. The van der Waals surface area contributed by atoms with Crippen LogP contribution in [0.2, 0.25) is 5.02 Å². The number of amidine groups is 1. The highest BCUT2D eigenvalue weighted by atomic mass is 35.5. The van der Waals surface area contributed by atoms with Crippen molar-refractivity contribution < 1.29 is 32.6 Å². The minimum Gasteiger partial charge on any atom is -0.481 e. The van der Waals surface area contributed by atoms with Gasteiger partial charge < -0.3 is 15.2 Å². The topological polar surface area (TPSA) is 104 Å². The van der Waals surface area contributed by atoms with Gasteiger partial charge in [-0.3, -0.25) is 14.7 Å². The fourth-order valence-corrected chi connectivity index (χ4v) is 5.31. The number of aryl methyl sites for hydroxylation is 1. The van der Waals surface area contributed by atoms with Crippen molar-refractivity contribution in [2.24, 2.45) is 10.9 Å². The highest BCUT2D eigenvalue weighted by Crippen LogP contribution is 2.38. The number of aliphatic carboxylic acids is 1. The van der Waals surface area contributed by atoms with Crippen molar-refractivity contribution in [1.29, 1.82) is 0 Å². The maximum Gasteiger partial charge on any atom is 0.338 e. The largest absolute Gasteiger partial charge is 0.481 e. The average molecular weight is 543 g/mol. The van der Waals surface area contributed by atoms with Gasteiger partial charge in [0, 0.05) is 46.9 Å². The molecular weight excluding hydrogens is 521 g/mol. The summed E-state index contributed by atoms with van der Waals surface area (Å²) in [4.78, 5) is 34.8. The van der Waals surface area contributed by atoms with Gasteiger partial charge in [-0.1, -0.05) is 17.7 Å². The van der Waals surface area contributed by atoms with E-state index in [-0.39, 0.29) is 35.2 Å². The number of hydrogen-bond acceptors (Lipinski definition) is 8. The van der Waals surface area contributed by atoms with Crippen molar-refractivity contribution in [1.82, 2.24) is 15.2 Å². The van der Waals surface area contributed by atoms with Crippen molar-refractivity contribution in [3.63, 3.8) is 0 Å². The zero-order chi connectivity index (χ0) is 26.2. The van der Waals surface area contributed by atoms with Crippen LogP contribution in [0.1, 0.15) is 28.7 Å². The third kappa shape index (κ3) is 5.55. The number of hydrogen-bond donors (Lipinski definition) is 2. The lowest BCUT2D eigenvalue weighted by Crippen LogP contribution is -2.51. The van der Waals surface area contributed by atoms with Crippen LogP contribution >= 0.6 is 22.9 Å². The van der Waals surface area contributed by atoms with Crippen LogP contribution in [0.25, 0.3) is 0 Å². The number of piperidine rings is 1. The minimum absolute atomic E-state index is 0.0104. The number of alkyl halides is 2. The van der Waals surface area contributed by atoms with E-state index in [0.717, 1.165) is 18.9 Å². The molecule has 2 atom stereocenters. The molecule has 0 amide bonds. The molecule has 1 aromatic carbocycles. The Morgan fingerprint density at radius 2 is 2.14 bits per heavy atom. The Bertz CT molecular complexity index is 1270. The van der Waals surface area contributed by atoms with Crippen LogP contribution in [0.4, 0.5) is 13.2 Å². The molecule has 13 heteroatoms. The molecular formula is C23H22ClF3N4O4S. The Labute approximate surface area is 213 Å². The molecule has 0 saturated carbocycles. The van der Waals surface area contributed by atoms with Gasteiger partial charge in [0.25, 0.3) is 5.92 Å². The predicted molar refractivity (Wildman–Crippen MR) is 127 cm³/mol. The van der Waals surface area contributed by atoms with Gasteiger partial charge in [0.05, 0.1) is 25.1 Å². The van der Waals surface area contributed by atoms with E-state index in [1.807, 2.05) is 0 Å². The number of thiazole rings is 1. The fourth-order valence-electron chi connectivity index (χ4n) is 4.29. The van der Waals surface area contributed by atoms with Gasteiger partial charge in [-0.2, -0.15) is 0 Å². The number of nitrogens with zero attached hydrogens (tertiary/aromatic N) is 3. The SMILES string of the molecule is COC(=O)C1=C(CN2C[C@H](C(=O)O)CC(F)(F)C2)NC(c2nc(C)cs2)=N[C@H]1c1ccc(F)cc1Cl. The molecule has 4 rings (SSSR count). The molecule has 1 saturated heterocycles. The van der Waals surface area contributed by atoms with E-state index in [4.69, 9.17) is 16.3 Å². The molecule has 2 aliphatic rings. The molecule has 8 nitrogen and oxygen atoms in total. The predicted octanol–water partition coefficient (Wildman–Crippen LogP) is 3.80. The molecule has 0 spiro atoms. The number of carboxylic acids is 1. The first-order valence-corrected chi connectivity index (χ1v) is 12.1. The Kier molecular flexibility index (Phi) is 7.39. The minimum atomic E-state index is -3.23. The maximum atomic E-state index is 14.4. The smallest absolute Gasteiger partial charge is 0.338 e. The summed E-state index contributed by atoms with van der Waals surface area (Å²) >= 11 is 7.59. The van der Waals surface area contributed by atoms with E-state index < -0.39 is 48.6 Å². The lowest BCUT2D eigenvalue weighted by atomic mass is 9.93. The number of likely N-dealkylation sites (tertiary alicyclic amines) is 1. The van der Waals surface area contributed by atoms with Crippen LogP contribution in [0, 0.1) is 18.7 Å². The first kappa shape index (κ1) is 26.1. The molecule has 1 fully saturated rings. The first-order chi connectivity index (χ1) is 17.0. The summed E-state index contributed by atoms with van der Waals surface area (Å²) in [7, 11) is 1.16. The number of ether oxygens (including phenoxy) is 1. The van der Waals surface area contributed by atoms with E-state index in [2.05, 4.69) is 15.3 Å². The molecule has 0 unspecified atom stereocenters. The van der Waals surface area contributed by atoms with Gasteiger partial charge >= 0.3 is 11.9 Å². The number of aromatic nitrogens is 1. The van der Waals surface area contributed by atoms with E-state index in [1.165, 1.54) is 28.4 Å². The molecule has 0 radical (unpaired) electrons. The molecule has 36 heavy (non-hydrogen) atoms. The number of carbonyl (C=O) groups excluding carboxylic acids is 1. The zero-order valence-electron chi connectivity index (χ0n) is 19.2. The number of carbonyl (C=O) groups is 2. The summed E-state index contributed by atoms with van der Waals surface area (Å²) < 4.78 is 47.5. The van der Waals surface area contributed by atoms with Gasteiger partial charge in [-0.05, 0) is 19.1 Å². The molecule has 0 aliphatic carbocycles. The second kappa shape index (κ2) is 10.2. The summed E-state index contributed by atoms with van der Waals surface area (Å²) in [5.74, 6) is -6.95. The monoisotopic (exact) mass is 542 g/mol. The summed E-state index contributed by atoms with van der Waals surface area (Å²) in [5.41, 5.74) is 1.20. The van der Waals surface area contributed by atoms with Crippen molar-refractivity contribution in [3.8, 4) is 0 Å². The number of halogens is 4. The Morgan fingerprint density at radius 1 is 1.39 bits per heavy atom. The van der Waals surface area contributed by atoms with E-state index in [0.29, 0.717) is 10.6 Å². The highest BCUT2D eigenvalue weighted by molar-refractivity contribution is 7.11. The van der Waals surface area contributed by atoms with Crippen LogP contribution in [0.3, 0.4) is 0 Å². The number of aliphatic imine (C=N–C) groups is 1. The second-order valence-corrected chi connectivity index (χ2v) is 9.88. The number of nitrogens with one attached hydrogen (secondary N) is 1. The number of benzene rings is 1. The van der Waals surface area contributed by atoms with Gasteiger partial charge in [0.1, 0.15) is 11.9 Å². The molecule has 3 heterocycles. The summed E-state index contributed by atoms with van der Waals surface area (Å²) in [6.45, 7) is 0.731. The van der Waals surface area contributed by atoms with Gasteiger partial charge in [0.2, 0.25) is 0 Å². The average Bonchev–Trinajstić information content (AvgIpc) is 3.23. The van der Waals surface area contributed by atoms with Crippen LogP contribution < -0.4 is 5.32 Å². The van der Waals surface area contributed by atoms with Gasteiger partial charge in [-0.25, -0.2) is 22.9 Å². The normalized spacial score (nSPS) is 22.1. The third-order valence-electron chi connectivity index (χ3n) is 5.82. The highest BCUT2D eigenvalue weighted by Gasteiger charge is 2.44. The lowest BCUT2D eigenvalue weighted by molar-refractivity contribution is -0.152. The van der Waals surface area contributed by atoms with E-state index in [1.54, 1.807) is 12.3 Å². The standard InChI is InChI=1S/C23H22ClF3N4O4S/c1-11-9-36-20(28-11)19-29-16(8-31-7-12(21(32)33)6-23(26,27)10-31)17(22(34)35-2)18(30-19)14-4-3-13(25)5-15(14)24/h3-5,9,12,18H,6-8,10H2,1-2H3,(H,29,30)(H,32,33)/t12-,18+/m1/s1. The number of carboxylic acid groups (broad SMARTS) is 1. The summed E-state index contributed by atoms with van der Waals surface area (Å²) in [6, 6.07) is 2.58.